The summed E-state index contributed by atoms with van der Waals surface area (Å²) >= 11 is 1.44. The largest absolute Gasteiger partial charge is 0.390 e. The summed E-state index contributed by atoms with van der Waals surface area (Å²) in [5.41, 5.74) is 3.18. The number of nitrogens with zero attached hydrogens (tertiary/aromatic N) is 4. The fourth-order valence-electron chi connectivity index (χ4n) is 5.44. The lowest BCUT2D eigenvalue weighted by Gasteiger charge is -2.43. The van der Waals surface area contributed by atoms with Gasteiger partial charge in [0, 0.05) is 63.7 Å². The Labute approximate surface area is 204 Å². The molecule has 0 unspecified atom stereocenters. The van der Waals surface area contributed by atoms with Crippen LogP contribution < -0.4 is 5.32 Å². The van der Waals surface area contributed by atoms with Crippen LogP contribution in [0.3, 0.4) is 0 Å². The normalized spacial score (nSPS) is 24.1. The summed E-state index contributed by atoms with van der Waals surface area (Å²) in [4.78, 5) is 35.1. The summed E-state index contributed by atoms with van der Waals surface area (Å²) in [6.45, 7) is 5.88. The summed E-state index contributed by atoms with van der Waals surface area (Å²) in [6.07, 6.45) is 2.96. The molecule has 1 aromatic heterocycles. The van der Waals surface area contributed by atoms with E-state index < -0.39 is 6.10 Å². The topological polar surface area (TPSA) is 89.0 Å². The van der Waals surface area contributed by atoms with Crippen LogP contribution in [-0.2, 0) is 17.8 Å². The Morgan fingerprint density at radius 2 is 1.79 bits per heavy atom. The highest BCUT2D eigenvalue weighted by Gasteiger charge is 2.36. The lowest BCUT2D eigenvalue weighted by molar-refractivity contribution is -0.129. The molecule has 2 N–H and O–H groups in total. The van der Waals surface area contributed by atoms with Gasteiger partial charge < -0.3 is 20.2 Å². The molecule has 1 aromatic carbocycles. The molecule has 5 rings (SSSR count). The number of anilines is 1. The Morgan fingerprint density at radius 1 is 1.06 bits per heavy atom. The van der Waals surface area contributed by atoms with Gasteiger partial charge in [0.1, 0.15) is 5.69 Å². The number of β-amino-alcohol motifs (C(OH)–C–C–N with tert-alkyl or cyclic N) is 1. The van der Waals surface area contributed by atoms with Gasteiger partial charge in [0.05, 0.1) is 6.10 Å². The van der Waals surface area contributed by atoms with Gasteiger partial charge in [-0.15, -0.1) is 11.3 Å². The Balaban J connectivity index is 1.14. The van der Waals surface area contributed by atoms with Crippen molar-refractivity contribution in [2.24, 2.45) is 0 Å². The van der Waals surface area contributed by atoms with E-state index >= 15 is 0 Å². The maximum Gasteiger partial charge on any atom is 0.273 e. The highest BCUT2D eigenvalue weighted by Crippen LogP contribution is 2.27. The van der Waals surface area contributed by atoms with E-state index in [1.807, 2.05) is 4.90 Å². The number of rotatable bonds is 4. The van der Waals surface area contributed by atoms with Crippen LogP contribution in [0.5, 0.6) is 0 Å². The molecule has 9 heteroatoms. The van der Waals surface area contributed by atoms with Gasteiger partial charge in [-0.2, -0.15) is 0 Å². The van der Waals surface area contributed by atoms with Crippen molar-refractivity contribution in [1.82, 2.24) is 19.7 Å². The number of carbonyl (C=O) groups is 2. The van der Waals surface area contributed by atoms with E-state index in [2.05, 4.69) is 39.5 Å². The SMILES string of the molecule is CC(=O)N1CCC(Nc2nc(C(=O)N3CC[C@@H](N4CCc5ccccc5C4)[C@H](O)C3)cs2)CC1. The third-order valence-electron chi connectivity index (χ3n) is 7.45. The highest BCUT2D eigenvalue weighted by atomic mass is 32.1. The zero-order valence-corrected chi connectivity index (χ0v) is 20.5. The lowest BCUT2D eigenvalue weighted by Crippen LogP contribution is -2.56. The predicted molar refractivity (Wildman–Crippen MR) is 132 cm³/mol. The molecule has 0 bridgehead atoms. The van der Waals surface area contributed by atoms with Crippen molar-refractivity contribution < 1.29 is 14.7 Å². The minimum Gasteiger partial charge on any atom is -0.390 e. The van der Waals surface area contributed by atoms with E-state index in [0.717, 1.165) is 57.0 Å². The number of carbonyl (C=O) groups excluding carboxylic acids is 2. The molecule has 34 heavy (non-hydrogen) atoms. The van der Waals surface area contributed by atoms with Crippen molar-refractivity contribution in [2.75, 3.05) is 38.0 Å². The number of fused-ring (bicyclic) bond motifs is 1. The van der Waals surface area contributed by atoms with Crippen LogP contribution in [0.1, 0.15) is 47.8 Å². The van der Waals surface area contributed by atoms with Crippen LogP contribution in [0.4, 0.5) is 5.13 Å². The van der Waals surface area contributed by atoms with E-state index in [9.17, 15) is 14.7 Å². The van der Waals surface area contributed by atoms with Gasteiger partial charge in [-0.25, -0.2) is 4.98 Å². The number of hydrogen-bond donors (Lipinski definition) is 2. The molecule has 0 aliphatic carbocycles. The number of piperidine rings is 2. The molecular formula is C25H33N5O3S. The fraction of sp³-hybridized carbons (Fsp3) is 0.560. The monoisotopic (exact) mass is 483 g/mol. The van der Waals surface area contributed by atoms with Gasteiger partial charge in [0.25, 0.3) is 5.91 Å². The predicted octanol–water partition coefficient (Wildman–Crippen LogP) is 2.20. The molecule has 3 aliphatic rings. The summed E-state index contributed by atoms with van der Waals surface area (Å²) in [6, 6.07) is 8.86. The smallest absolute Gasteiger partial charge is 0.273 e. The number of likely N-dealkylation sites (tertiary alicyclic amines) is 2. The number of aliphatic hydroxyl groups is 1. The van der Waals surface area contributed by atoms with Crippen LogP contribution in [-0.4, -0.2) is 87.5 Å². The van der Waals surface area contributed by atoms with E-state index in [-0.39, 0.29) is 23.9 Å². The Hall–Kier alpha value is -2.49. The zero-order chi connectivity index (χ0) is 23.7. The average Bonchev–Trinajstić information content (AvgIpc) is 3.32. The number of aliphatic hydroxyl groups excluding tert-OH is 1. The van der Waals surface area contributed by atoms with Gasteiger partial charge in [-0.05, 0) is 36.8 Å². The number of thiazole rings is 1. The molecule has 0 saturated carbocycles. The van der Waals surface area contributed by atoms with Crippen LogP contribution in [0.25, 0.3) is 0 Å². The number of benzene rings is 1. The standard InChI is InChI=1S/C25H33N5O3S/c1-17(31)28-11-7-20(8-12-28)26-25-27-21(16-34-25)24(33)30-13-9-22(23(32)15-30)29-10-6-18-4-2-3-5-19(18)14-29/h2-5,16,20,22-23,32H,6-15H2,1H3,(H,26,27)/t22-,23-/m1/s1. The van der Waals surface area contributed by atoms with Gasteiger partial charge in [0.15, 0.2) is 5.13 Å². The van der Waals surface area contributed by atoms with Crippen LogP contribution in [0.2, 0.25) is 0 Å². The molecule has 3 aliphatic heterocycles. The second kappa shape index (κ2) is 10.0. The van der Waals surface area contributed by atoms with Crippen LogP contribution in [0, 0.1) is 0 Å². The van der Waals surface area contributed by atoms with Crippen molar-refractivity contribution in [3.05, 3.63) is 46.5 Å². The first-order valence-electron chi connectivity index (χ1n) is 12.2. The van der Waals surface area contributed by atoms with Crippen LogP contribution >= 0.6 is 11.3 Å². The number of aromatic nitrogens is 1. The molecule has 2 amide bonds. The minimum absolute atomic E-state index is 0.0749. The summed E-state index contributed by atoms with van der Waals surface area (Å²) in [7, 11) is 0. The molecule has 182 valence electrons. The lowest BCUT2D eigenvalue weighted by atomic mass is 9.94. The summed E-state index contributed by atoms with van der Waals surface area (Å²) in [5.74, 6) is 0.00818. The van der Waals surface area contributed by atoms with E-state index in [0.29, 0.717) is 18.8 Å². The van der Waals surface area contributed by atoms with Gasteiger partial charge in [-0.3, -0.25) is 14.5 Å². The van der Waals surface area contributed by atoms with Crippen molar-refractivity contribution in [3.8, 4) is 0 Å². The van der Waals surface area contributed by atoms with Gasteiger partial charge >= 0.3 is 0 Å². The first kappa shape index (κ1) is 23.3. The van der Waals surface area contributed by atoms with Gasteiger partial charge in [-0.1, -0.05) is 24.3 Å². The Kier molecular flexibility index (Phi) is 6.85. The van der Waals surface area contributed by atoms with Gasteiger partial charge in [0.2, 0.25) is 5.91 Å². The van der Waals surface area contributed by atoms with Crippen molar-refractivity contribution in [1.29, 1.82) is 0 Å². The molecule has 2 saturated heterocycles. The number of hydrogen-bond acceptors (Lipinski definition) is 7. The Morgan fingerprint density at radius 3 is 2.53 bits per heavy atom. The zero-order valence-electron chi connectivity index (χ0n) is 19.7. The first-order valence-corrected chi connectivity index (χ1v) is 13.1. The molecule has 0 radical (unpaired) electrons. The van der Waals surface area contributed by atoms with Crippen molar-refractivity contribution in [2.45, 2.75) is 57.3 Å². The maximum atomic E-state index is 13.1. The maximum absolute atomic E-state index is 13.1. The molecule has 4 heterocycles. The highest BCUT2D eigenvalue weighted by molar-refractivity contribution is 7.13. The quantitative estimate of drug-likeness (QED) is 0.693. The van der Waals surface area contributed by atoms with E-state index in [1.165, 1.54) is 22.5 Å². The number of nitrogens with one attached hydrogen (secondary N) is 1. The average molecular weight is 484 g/mol. The molecule has 2 atom stereocenters. The second-order valence-electron chi connectivity index (χ2n) is 9.63. The fourth-order valence-corrected chi connectivity index (χ4v) is 6.21. The van der Waals surface area contributed by atoms with Crippen molar-refractivity contribution in [3.63, 3.8) is 0 Å². The summed E-state index contributed by atoms with van der Waals surface area (Å²) in [5, 5.41) is 16.9. The van der Waals surface area contributed by atoms with E-state index in [1.54, 1.807) is 17.2 Å². The third-order valence-corrected chi connectivity index (χ3v) is 8.23. The van der Waals surface area contributed by atoms with Crippen molar-refractivity contribution >= 4 is 28.3 Å². The number of amides is 2. The van der Waals surface area contributed by atoms with E-state index in [4.69, 9.17) is 0 Å². The first-order chi connectivity index (χ1) is 16.5. The van der Waals surface area contributed by atoms with Crippen LogP contribution in [0.15, 0.2) is 29.6 Å². The molecular weight excluding hydrogens is 450 g/mol. The molecule has 2 fully saturated rings. The Bertz CT molecular complexity index is 1040. The summed E-state index contributed by atoms with van der Waals surface area (Å²) < 4.78 is 0. The molecule has 0 spiro atoms. The molecule has 8 nitrogen and oxygen atoms in total. The third kappa shape index (κ3) is 4.96. The molecule has 2 aromatic rings. The second-order valence-corrected chi connectivity index (χ2v) is 10.5. The minimum atomic E-state index is -0.564.